The van der Waals surface area contributed by atoms with E-state index in [9.17, 15) is 9.18 Å². The predicted octanol–water partition coefficient (Wildman–Crippen LogP) is 2.57. The van der Waals surface area contributed by atoms with Crippen LogP contribution in [0.4, 0.5) is 4.39 Å². The standard InChI is InChI=1S/C10H6ClFN2O2/c11-6-3-1-2-5(8(6)12)9-13-4-7(14-9)10(15)16/h1-4H,(H,13,14)(H,15,16). The fraction of sp³-hybridized carbons (Fsp3) is 0. The van der Waals surface area contributed by atoms with Crippen molar-refractivity contribution in [3.8, 4) is 11.4 Å². The molecule has 1 heterocycles. The first kappa shape index (κ1) is 10.6. The smallest absolute Gasteiger partial charge is 0.353 e. The van der Waals surface area contributed by atoms with Crippen LogP contribution in [0.1, 0.15) is 10.5 Å². The molecule has 6 heteroatoms. The number of imidazole rings is 1. The first-order valence-corrected chi connectivity index (χ1v) is 4.70. The topological polar surface area (TPSA) is 66.0 Å². The zero-order chi connectivity index (χ0) is 11.7. The molecule has 2 aromatic rings. The average Bonchev–Trinajstić information content (AvgIpc) is 2.71. The Bertz CT molecular complexity index is 554. The van der Waals surface area contributed by atoms with Crippen molar-refractivity contribution in [2.24, 2.45) is 0 Å². The molecule has 0 aliphatic heterocycles. The Morgan fingerprint density at radius 1 is 1.50 bits per heavy atom. The molecule has 1 aromatic carbocycles. The highest BCUT2D eigenvalue weighted by Crippen LogP contribution is 2.25. The van der Waals surface area contributed by atoms with Gasteiger partial charge in [0.2, 0.25) is 0 Å². The number of aromatic nitrogens is 2. The SMILES string of the molecule is O=C(O)c1cnc(-c2cccc(Cl)c2F)[nH]1. The third-order valence-electron chi connectivity index (χ3n) is 2.01. The lowest BCUT2D eigenvalue weighted by Gasteiger charge is -2.00. The van der Waals surface area contributed by atoms with Crippen molar-refractivity contribution in [1.29, 1.82) is 0 Å². The third-order valence-corrected chi connectivity index (χ3v) is 2.30. The van der Waals surface area contributed by atoms with Crippen LogP contribution >= 0.6 is 11.6 Å². The molecule has 0 bridgehead atoms. The molecule has 0 unspecified atom stereocenters. The van der Waals surface area contributed by atoms with Gasteiger partial charge in [-0.2, -0.15) is 0 Å². The van der Waals surface area contributed by atoms with Gasteiger partial charge in [-0.15, -0.1) is 0 Å². The number of nitrogens with one attached hydrogen (secondary N) is 1. The molecule has 2 N–H and O–H groups in total. The summed E-state index contributed by atoms with van der Waals surface area (Å²) >= 11 is 5.60. The van der Waals surface area contributed by atoms with Crippen LogP contribution < -0.4 is 0 Å². The van der Waals surface area contributed by atoms with E-state index in [1.807, 2.05) is 0 Å². The van der Waals surface area contributed by atoms with E-state index in [4.69, 9.17) is 16.7 Å². The molecule has 16 heavy (non-hydrogen) atoms. The lowest BCUT2D eigenvalue weighted by molar-refractivity contribution is 0.0691. The zero-order valence-corrected chi connectivity index (χ0v) is 8.62. The normalized spacial score (nSPS) is 10.4. The molecule has 0 fully saturated rings. The number of carboxylic acid groups (broad SMARTS) is 1. The molecule has 0 spiro atoms. The van der Waals surface area contributed by atoms with Gasteiger partial charge in [-0.25, -0.2) is 14.2 Å². The van der Waals surface area contributed by atoms with Crippen molar-refractivity contribution in [3.63, 3.8) is 0 Å². The predicted molar refractivity (Wildman–Crippen MR) is 56.0 cm³/mol. The molecule has 4 nitrogen and oxygen atoms in total. The highest BCUT2D eigenvalue weighted by molar-refractivity contribution is 6.31. The molecule has 0 saturated carbocycles. The molecule has 0 aliphatic carbocycles. The second-order valence-corrected chi connectivity index (χ2v) is 3.46. The van der Waals surface area contributed by atoms with Crippen LogP contribution in [0.15, 0.2) is 24.4 Å². The first-order valence-electron chi connectivity index (χ1n) is 4.32. The Morgan fingerprint density at radius 3 is 2.88 bits per heavy atom. The maximum Gasteiger partial charge on any atom is 0.353 e. The molecular weight excluding hydrogens is 235 g/mol. The van der Waals surface area contributed by atoms with E-state index in [1.165, 1.54) is 12.1 Å². The van der Waals surface area contributed by atoms with Gasteiger partial charge < -0.3 is 10.1 Å². The van der Waals surface area contributed by atoms with Crippen LogP contribution in [-0.2, 0) is 0 Å². The number of hydrogen-bond donors (Lipinski definition) is 2. The molecule has 2 rings (SSSR count). The van der Waals surface area contributed by atoms with Gasteiger partial charge in [-0.3, -0.25) is 0 Å². The number of H-pyrrole nitrogens is 1. The largest absolute Gasteiger partial charge is 0.477 e. The molecule has 0 saturated heterocycles. The van der Waals surface area contributed by atoms with Crippen LogP contribution in [-0.4, -0.2) is 21.0 Å². The highest BCUT2D eigenvalue weighted by atomic mass is 35.5. The fourth-order valence-electron chi connectivity index (χ4n) is 1.25. The number of hydrogen-bond acceptors (Lipinski definition) is 2. The maximum absolute atomic E-state index is 13.6. The van der Waals surface area contributed by atoms with E-state index in [2.05, 4.69) is 9.97 Å². The number of aromatic amines is 1. The molecule has 82 valence electrons. The third kappa shape index (κ3) is 1.77. The maximum atomic E-state index is 13.6. The second kappa shape index (κ2) is 3.94. The Kier molecular flexibility index (Phi) is 2.62. The van der Waals surface area contributed by atoms with Gasteiger partial charge in [0.05, 0.1) is 16.8 Å². The van der Waals surface area contributed by atoms with E-state index in [1.54, 1.807) is 6.07 Å². The van der Waals surface area contributed by atoms with Crippen molar-refractivity contribution in [2.75, 3.05) is 0 Å². The summed E-state index contributed by atoms with van der Waals surface area (Å²) in [5, 5.41) is 8.64. The van der Waals surface area contributed by atoms with Crippen molar-refractivity contribution >= 4 is 17.6 Å². The van der Waals surface area contributed by atoms with E-state index in [0.717, 1.165) is 6.20 Å². The number of rotatable bonds is 2. The number of carboxylic acids is 1. The Balaban J connectivity index is 2.50. The summed E-state index contributed by atoms with van der Waals surface area (Å²) in [5.74, 6) is -1.64. The Hall–Kier alpha value is -1.88. The summed E-state index contributed by atoms with van der Waals surface area (Å²) < 4.78 is 13.6. The fourth-order valence-corrected chi connectivity index (χ4v) is 1.43. The minimum absolute atomic E-state index is 0.0363. The minimum atomic E-state index is -1.15. The molecule has 0 atom stereocenters. The van der Waals surface area contributed by atoms with E-state index >= 15 is 0 Å². The average molecular weight is 241 g/mol. The van der Waals surface area contributed by atoms with E-state index in [-0.39, 0.29) is 22.1 Å². The number of halogens is 2. The summed E-state index contributed by atoms with van der Waals surface area (Å²) in [6.07, 6.45) is 1.12. The molecule has 1 aromatic heterocycles. The van der Waals surface area contributed by atoms with Crippen LogP contribution in [0.25, 0.3) is 11.4 Å². The van der Waals surface area contributed by atoms with Gasteiger partial charge in [-0.1, -0.05) is 17.7 Å². The Morgan fingerprint density at radius 2 is 2.25 bits per heavy atom. The van der Waals surface area contributed by atoms with Gasteiger partial charge in [-0.05, 0) is 12.1 Å². The molecule has 0 aliphatic rings. The lowest BCUT2D eigenvalue weighted by atomic mass is 10.2. The number of carbonyl (C=O) groups is 1. The van der Waals surface area contributed by atoms with Crippen LogP contribution in [0, 0.1) is 5.82 Å². The summed E-state index contributed by atoms with van der Waals surface area (Å²) in [6.45, 7) is 0. The van der Waals surface area contributed by atoms with Crippen molar-refractivity contribution in [2.45, 2.75) is 0 Å². The molecular formula is C10H6ClFN2O2. The van der Waals surface area contributed by atoms with Crippen LogP contribution in [0.2, 0.25) is 5.02 Å². The van der Waals surface area contributed by atoms with Gasteiger partial charge in [0.15, 0.2) is 5.82 Å². The monoisotopic (exact) mass is 240 g/mol. The Labute approximate surface area is 94.7 Å². The molecule has 0 amide bonds. The summed E-state index contributed by atoms with van der Waals surface area (Å²) in [7, 11) is 0. The van der Waals surface area contributed by atoms with Crippen molar-refractivity contribution in [3.05, 3.63) is 40.9 Å². The van der Waals surface area contributed by atoms with Gasteiger partial charge in [0.1, 0.15) is 11.5 Å². The summed E-state index contributed by atoms with van der Waals surface area (Å²) in [5.41, 5.74) is 0.0365. The van der Waals surface area contributed by atoms with Crippen molar-refractivity contribution in [1.82, 2.24) is 9.97 Å². The number of benzene rings is 1. The van der Waals surface area contributed by atoms with E-state index in [0.29, 0.717) is 0 Å². The van der Waals surface area contributed by atoms with Gasteiger partial charge in [0, 0.05) is 0 Å². The quantitative estimate of drug-likeness (QED) is 0.848. The van der Waals surface area contributed by atoms with Gasteiger partial charge in [0.25, 0.3) is 0 Å². The number of aromatic carboxylic acids is 1. The van der Waals surface area contributed by atoms with E-state index < -0.39 is 11.8 Å². The zero-order valence-electron chi connectivity index (χ0n) is 7.87. The van der Waals surface area contributed by atoms with Crippen LogP contribution in [0.5, 0.6) is 0 Å². The number of nitrogens with zero attached hydrogens (tertiary/aromatic N) is 1. The van der Waals surface area contributed by atoms with Crippen LogP contribution in [0.3, 0.4) is 0 Å². The summed E-state index contributed by atoms with van der Waals surface area (Å²) in [4.78, 5) is 16.9. The van der Waals surface area contributed by atoms with Gasteiger partial charge >= 0.3 is 5.97 Å². The lowest BCUT2D eigenvalue weighted by Crippen LogP contribution is -1.96. The molecule has 0 radical (unpaired) electrons. The second-order valence-electron chi connectivity index (χ2n) is 3.05. The summed E-state index contributed by atoms with van der Waals surface area (Å²) in [6, 6.07) is 4.43. The minimum Gasteiger partial charge on any atom is -0.477 e. The highest BCUT2D eigenvalue weighted by Gasteiger charge is 2.13. The first-order chi connectivity index (χ1) is 7.59. The van der Waals surface area contributed by atoms with Crippen molar-refractivity contribution < 1.29 is 14.3 Å².